The number of amides is 1. The molecule has 1 aliphatic heterocycles. The van der Waals surface area contributed by atoms with Crippen LogP contribution in [-0.2, 0) is 11.3 Å². The summed E-state index contributed by atoms with van der Waals surface area (Å²) in [6.07, 6.45) is -0.854. The highest BCUT2D eigenvalue weighted by atomic mass is 19.1. The molecule has 1 unspecified atom stereocenters. The molecule has 0 saturated carbocycles. The summed E-state index contributed by atoms with van der Waals surface area (Å²) in [5.74, 6) is -0.210. The number of hydrogen-bond donors (Lipinski definition) is 2. The minimum absolute atomic E-state index is 0.0749. The Morgan fingerprint density at radius 3 is 2.86 bits per heavy atom. The lowest BCUT2D eigenvalue weighted by molar-refractivity contribution is 0.103. The Balaban J connectivity index is 2.01. The number of benzene rings is 1. The maximum atomic E-state index is 13.9. The van der Waals surface area contributed by atoms with Gasteiger partial charge in [-0.25, -0.2) is 9.18 Å². The Morgan fingerprint density at radius 1 is 1.48 bits per heavy atom. The van der Waals surface area contributed by atoms with Gasteiger partial charge in [0.25, 0.3) is 0 Å². The van der Waals surface area contributed by atoms with Crippen LogP contribution in [0.2, 0.25) is 0 Å². The molecule has 1 heterocycles. The number of carbonyl (C=O) groups excluding carboxylic acids is 1. The van der Waals surface area contributed by atoms with Crippen molar-refractivity contribution >= 4 is 6.09 Å². The average Bonchev–Trinajstić information content (AvgIpc) is 2.80. The van der Waals surface area contributed by atoms with Crippen molar-refractivity contribution in [3.8, 4) is 5.75 Å². The lowest BCUT2D eigenvalue weighted by Gasteiger charge is -2.22. The van der Waals surface area contributed by atoms with Gasteiger partial charge >= 0.3 is 6.09 Å². The molecule has 2 N–H and O–H groups in total. The average molecular weight is 296 g/mol. The Morgan fingerprint density at radius 2 is 2.24 bits per heavy atom. The fourth-order valence-electron chi connectivity index (χ4n) is 1.92. The van der Waals surface area contributed by atoms with Crippen molar-refractivity contribution in [2.75, 3.05) is 13.2 Å². The van der Waals surface area contributed by atoms with Crippen molar-refractivity contribution in [2.45, 2.75) is 39.0 Å². The predicted molar refractivity (Wildman–Crippen MR) is 76.8 cm³/mol. The van der Waals surface area contributed by atoms with Gasteiger partial charge in [0, 0.05) is 17.6 Å². The summed E-state index contributed by atoms with van der Waals surface area (Å²) in [6, 6.07) is 4.82. The smallest absolute Gasteiger partial charge is 0.407 e. The summed E-state index contributed by atoms with van der Waals surface area (Å²) in [4.78, 5) is 10.9. The van der Waals surface area contributed by atoms with Crippen LogP contribution < -0.4 is 15.4 Å². The molecule has 1 saturated heterocycles. The molecule has 0 spiro atoms. The van der Waals surface area contributed by atoms with Crippen molar-refractivity contribution in [2.24, 2.45) is 0 Å². The number of carbonyl (C=O) groups is 1. The van der Waals surface area contributed by atoms with E-state index in [0.29, 0.717) is 13.1 Å². The van der Waals surface area contributed by atoms with Gasteiger partial charge in [0.1, 0.15) is 6.61 Å². The molecule has 0 aromatic heterocycles. The number of hydrogen-bond acceptors (Lipinski definition) is 4. The van der Waals surface area contributed by atoms with Gasteiger partial charge in [-0.05, 0) is 26.8 Å². The first-order chi connectivity index (χ1) is 9.85. The first-order valence-corrected chi connectivity index (χ1v) is 6.95. The molecule has 1 aromatic rings. The molecule has 1 atom stereocenters. The number of ether oxygens (including phenoxy) is 2. The zero-order chi connectivity index (χ0) is 15.5. The normalized spacial score (nSPS) is 18.3. The first kappa shape index (κ1) is 15.6. The van der Waals surface area contributed by atoms with E-state index in [1.165, 1.54) is 6.07 Å². The molecule has 6 heteroatoms. The third-order valence-corrected chi connectivity index (χ3v) is 3.02. The Bertz CT molecular complexity index is 514. The van der Waals surface area contributed by atoms with Gasteiger partial charge in [0.2, 0.25) is 0 Å². The van der Waals surface area contributed by atoms with E-state index in [4.69, 9.17) is 9.47 Å². The summed E-state index contributed by atoms with van der Waals surface area (Å²) in [7, 11) is 0. The highest BCUT2D eigenvalue weighted by molar-refractivity contribution is 5.69. The van der Waals surface area contributed by atoms with Crippen LogP contribution in [0.25, 0.3) is 0 Å². The second-order valence-corrected chi connectivity index (χ2v) is 6.05. The van der Waals surface area contributed by atoms with Crippen LogP contribution in [0, 0.1) is 5.82 Å². The maximum Gasteiger partial charge on any atom is 0.407 e. The molecule has 116 valence electrons. The standard InChI is InChI=1S/C15H21FN2O3/c1-15(2,3)18-7-10-5-4-6-12(16)13(10)20-9-11-8-17-14(19)21-11/h4-6,11,18H,7-9H2,1-3H3,(H,17,19). The molecule has 1 amide bonds. The summed E-state index contributed by atoms with van der Waals surface area (Å²) in [6.45, 7) is 7.12. The zero-order valence-electron chi connectivity index (χ0n) is 12.5. The van der Waals surface area contributed by atoms with Gasteiger partial charge in [-0.1, -0.05) is 12.1 Å². The monoisotopic (exact) mass is 296 g/mol. The van der Waals surface area contributed by atoms with Crippen molar-refractivity contribution in [3.05, 3.63) is 29.6 Å². The molecule has 1 fully saturated rings. The summed E-state index contributed by atoms with van der Waals surface area (Å²) >= 11 is 0. The predicted octanol–water partition coefficient (Wildman–Crippen LogP) is 2.20. The largest absolute Gasteiger partial charge is 0.486 e. The topological polar surface area (TPSA) is 59.6 Å². The van der Waals surface area contributed by atoms with E-state index in [9.17, 15) is 9.18 Å². The minimum Gasteiger partial charge on any atom is -0.486 e. The van der Waals surface area contributed by atoms with Gasteiger partial charge in [-0.15, -0.1) is 0 Å². The molecule has 0 bridgehead atoms. The summed E-state index contributed by atoms with van der Waals surface area (Å²) < 4.78 is 24.4. The number of cyclic esters (lactones) is 1. The molecule has 0 radical (unpaired) electrons. The molecule has 1 aliphatic rings. The molecule has 5 nitrogen and oxygen atoms in total. The van der Waals surface area contributed by atoms with Crippen molar-refractivity contribution in [3.63, 3.8) is 0 Å². The maximum absolute atomic E-state index is 13.9. The van der Waals surface area contributed by atoms with E-state index in [0.717, 1.165) is 5.56 Å². The van der Waals surface area contributed by atoms with Gasteiger partial charge < -0.3 is 20.1 Å². The molecule has 0 aliphatic carbocycles. The van der Waals surface area contributed by atoms with Gasteiger partial charge in [-0.3, -0.25) is 0 Å². The van der Waals surface area contributed by atoms with Crippen LogP contribution >= 0.6 is 0 Å². The van der Waals surface area contributed by atoms with Gasteiger partial charge in [0.05, 0.1) is 6.54 Å². The first-order valence-electron chi connectivity index (χ1n) is 6.95. The number of alkyl carbamates (subject to hydrolysis) is 1. The van der Waals surface area contributed by atoms with Gasteiger partial charge in [0.15, 0.2) is 17.7 Å². The van der Waals surface area contributed by atoms with Crippen molar-refractivity contribution in [1.82, 2.24) is 10.6 Å². The van der Waals surface area contributed by atoms with Crippen LogP contribution in [0.15, 0.2) is 18.2 Å². The van der Waals surface area contributed by atoms with E-state index < -0.39 is 11.9 Å². The van der Waals surface area contributed by atoms with Crippen molar-refractivity contribution < 1.29 is 18.7 Å². The van der Waals surface area contributed by atoms with Crippen LogP contribution in [0.5, 0.6) is 5.75 Å². The quantitative estimate of drug-likeness (QED) is 0.874. The van der Waals surface area contributed by atoms with E-state index in [2.05, 4.69) is 10.6 Å². The van der Waals surface area contributed by atoms with E-state index >= 15 is 0 Å². The van der Waals surface area contributed by atoms with Crippen LogP contribution in [0.3, 0.4) is 0 Å². The molecular formula is C15H21FN2O3. The van der Waals surface area contributed by atoms with Crippen LogP contribution in [-0.4, -0.2) is 30.9 Å². The third-order valence-electron chi connectivity index (χ3n) is 3.02. The van der Waals surface area contributed by atoms with Crippen molar-refractivity contribution in [1.29, 1.82) is 0 Å². The lowest BCUT2D eigenvalue weighted by atomic mass is 10.1. The van der Waals surface area contributed by atoms with E-state index in [1.807, 2.05) is 26.8 Å². The number of rotatable bonds is 5. The Kier molecular flexibility index (Phi) is 4.67. The minimum atomic E-state index is -0.466. The summed E-state index contributed by atoms with van der Waals surface area (Å²) in [5, 5.41) is 5.83. The summed E-state index contributed by atoms with van der Waals surface area (Å²) in [5.41, 5.74) is 0.663. The highest BCUT2D eigenvalue weighted by Crippen LogP contribution is 2.24. The van der Waals surface area contributed by atoms with Gasteiger partial charge in [-0.2, -0.15) is 0 Å². The lowest BCUT2D eigenvalue weighted by Crippen LogP contribution is -2.35. The number of para-hydroxylation sites is 1. The zero-order valence-corrected chi connectivity index (χ0v) is 12.5. The van der Waals surface area contributed by atoms with Crippen LogP contribution in [0.1, 0.15) is 26.3 Å². The molecule has 1 aromatic carbocycles. The molecule has 2 rings (SSSR count). The molecule has 21 heavy (non-hydrogen) atoms. The number of nitrogens with one attached hydrogen (secondary N) is 2. The highest BCUT2D eigenvalue weighted by Gasteiger charge is 2.24. The Hall–Kier alpha value is -1.82. The second-order valence-electron chi connectivity index (χ2n) is 6.05. The number of halogens is 1. The second kappa shape index (κ2) is 6.30. The fraction of sp³-hybridized carbons (Fsp3) is 0.533. The molecular weight excluding hydrogens is 275 g/mol. The van der Waals surface area contributed by atoms with E-state index in [1.54, 1.807) is 6.07 Å². The third kappa shape index (κ3) is 4.60. The van der Waals surface area contributed by atoms with E-state index in [-0.39, 0.29) is 24.0 Å². The SMILES string of the molecule is CC(C)(C)NCc1cccc(F)c1OCC1CNC(=O)O1. The fourth-order valence-corrected chi connectivity index (χ4v) is 1.92. The van der Waals surface area contributed by atoms with Crippen LogP contribution in [0.4, 0.5) is 9.18 Å². The Labute approximate surface area is 123 Å².